The Morgan fingerprint density at radius 3 is 0.804 bits per heavy atom. The fourth-order valence-electron chi connectivity index (χ4n) is 2.76. The van der Waals surface area contributed by atoms with Crippen LogP contribution >= 0.6 is 0 Å². The molecule has 0 radical (unpaired) electrons. The topological polar surface area (TPSA) is 21.8 Å². The summed E-state index contributed by atoms with van der Waals surface area (Å²) in [6.07, 6.45) is -9.48. The zero-order valence-corrected chi connectivity index (χ0v) is 20.2. The van der Waals surface area contributed by atoms with Crippen molar-refractivity contribution < 1.29 is 128 Å². The largest absolute Gasteiger partial charge is 0.460 e. The van der Waals surface area contributed by atoms with E-state index in [1.807, 2.05) is 0 Å². The Labute approximate surface area is 232 Å². The molecule has 2 nitrogen and oxygen atoms in total. The van der Waals surface area contributed by atoms with Crippen molar-refractivity contribution in [3.05, 3.63) is 0 Å². The van der Waals surface area contributed by atoms with Gasteiger partial charge in [0.2, 0.25) is 0 Å². The van der Waals surface area contributed by atoms with Crippen molar-refractivity contribution in [1.29, 1.82) is 0 Å². The Morgan fingerprint density at radius 2 is 0.587 bits per heavy atom. The average Bonchev–Trinajstić information content (AvgIpc) is 3.66. The summed E-state index contributed by atoms with van der Waals surface area (Å²) in [6.45, 7) is -4.93. The monoisotopic (exact) mass is 756 g/mol. The Kier molecular flexibility index (Phi) is 9.84. The summed E-state index contributed by atoms with van der Waals surface area (Å²) in [5, 5.41) is 0. The Balaban J connectivity index is 3.78. The van der Waals surface area contributed by atoms with Gasteiger partial charge in [-0.25, -0.2) is 0 Å². The van der Waals surface area contributed by atoms with Gasteiger partial charge in [-0.1, -0.05) is 0 Å². The van der Waals surface area contributed by atoms with E-state index in [1.165, 1.54) is 0 Å². The molecule has 1 rings (SSSR count). The first-order valence-electron chi connectivity index (χ1n) is 10.4. The summed E-state index contributed by atoms with van der Waals surface area (Å²) in [6, 6.07) is 0. The van der Waals surface area contributed by atoms with Crippen LogP contribution in [0.4, 0.5) is 119 Å². The van der Waals surface area contributed by atoms with E-state index in [-0.39, 0.29) is 0 Å². The molecule has 1 heterocycles. The van der Waals surface area contributed by atoms with Gasteiger partial charge in [0.25, 0.3) is 0 Å². The number of hydrogen-bond donors (Lipinski definition) is 0. The quantitative estimate of drug-likeness (QED) is 0.124. The summed E-state index contributed by atoms with van der Waals surface area (Å²) >= 11 is 0. The third kappa shape index (κ3) is 5.26. The van der Waals surface area contributed by atoms with Crippen LogP contribution in [0.15, 0.2) is 0 Å². The molecule has 0 spiro atoms. The highest BCUT2D eigenvalue weighted by Crippen LogP contribution is 2.68. The molecule has 276 valence electrons. The van der Waals surface area contributed by atoms with Gasteiger partial charge in [-0.3, -0.25) is 0 Å². The Bertz CT molecular complexity index is 1100. The molecule has 0 aliphatic carbocycles. The van der Waals surface area contributed by atoms with Gasteiger partial charge >= 0.3 is 77.2 Å². The van der Waals surface area contributed by atoms with Crippen LogP contribution in [0.25, 0.3) is 0 Å². The van der Waals surface area contributed by atoms with E-state index < -0.39 is 103 Å². The van der Waals surface area contributed by atoms with Crippen LogP contribution in [-0.4, -0.2) is 103 Å². The molecule has 29 heteroatoms. The van der Waals surface area contributed by atoms with Gasteiger partial charge in [-0.15, -0.1) is 0 Å². The summed E-state index contributed by atoms with van der Waals surface area (Å²) in [4.78, 5) is 0. The van der Waals surface area contributed by atoms with E-state index in [2.05, 4.69) is 9.47 Å². The van der Waals surface area contributed by atoms with Gasteiger partial charge in [0, 0.05) is 0 Å². The molecule has 0 aromatic heterocycles. The van der Waals surface area contributed by atoms with Crippen molar-refractivity contribution in [3.63, 3.8) is 0 Å². The summed E-state index contributed by atoms with van der Waals surface area (Å²) in [7, 11) is 0. The molecular weight excluding hydrogens is 749 g/mol. The fourth-order valence-corrected chi connectivity index (χ4v) is 2.76. The molecule has 1 unspecified atom stereocenters. The van der Waals surface area contributed by atoms with Crippen molar-refractivity contribution in [2.75, 3.05) is 19.8 Å². The smallest absolute Gasteiger partial charge is 0.372 e. The van der Waals surface area contributed by atoms with Gasteiger partial charge in [0.15, 0.2) is 0 Å². The summed E-state index contributed by atoms with van der Waals surface area (Å²) < 4.78 is 369. The first kappa shape index (κ1) is 42.1. The maximum atomic E-state index is 13.8. The van der Waals surface area contributed by atoms with E-state index in [9.17, 15) is 119 Å². The van der Waals surface area contributed by atoms with Gasteiger partial charge in [0.05, 0.1) is 13.2 Å². The second-order valence-electron chi connectivity index (χ2n) is 8.99. The lowest BCUT2D eigenvalue weighted by Gasteiger charge is -2.46. The second kappa shape index (κ2) is 10.8. The number of halogens is 27. The zero-order chi connectivity index (χ0) is 37.6. The van der Waals surface area contributed by atoms with Crippen molar-refractivity contribution in [1.82, 2.24) is 0 Å². The third-order valence-electron chi connectivity index (χ3n) is 5.75. The fraction of sp³-hybridized carbons (Fsp3) is 1.00. The highest BCUT2D eigenvalue weighted by molar-refractivity contribution is 5.20. The van der Waals surface area contributed by atoms with Gasteiger partial charge in [-0.2, -0.15) is 119 Å². The van der Waals surface area contributed by atoms with Crippen LogP contribution in [0.1, 0.15) is 0 Å². The molecule has 1 aliphatic rings. The van der Waals surface area contributed by atoms with Crippen LogP contribution in [0.2, 0.25) is 0 Å². The molecule has 46 heavy (non-hydrogen) atoms. The van der Waals surface area contributed by atoms with E-state index in [4.69, 9.17) is 0 Å². The van der Waals surface area contributed by atoms with E-state index in [1.54, 1.807) is 0 Å². The van der Waals surface area contributed by atoms with E-state index >= 15 is 0 Å². The number of rotatable bonds is 15. The Morgan fingerprint density at radius 1 is 0.370 bits per heavy atom. The minimum Gasteiger partial charge on any atom is -0.372 e. The van der Waals surface area contributed by atoms with Crippen molar-refractivity contribution in [2.45, 2.75) is 83.4 Å². The minimum atomic E-state index is -9.77. The molecule has 0 amide bonds. The zero-order valence-electron chi connectivity index (χ0n) is 20.2. The normalized spacial score (nSPS) is 19.5. The molecule has 0 N–H and O–H groups in total. The number of epoxide rings is 1. The molecule has 0 saturated carbocycles. The van der Waals surface area contributed by atoms with Crippen molar-refractivity contribution >= 4 is 0 Å². The molecule has 1 aliphatic heterocycles. The van der Waals surface area contributed by atoms with Crippen LogP contribution in [0, 0.1) is 0 Å². The maximum Gasteiger partial charge on any atom is 0.460 e. The maximum absolute atomic E-state index is 13.8. The van der Waals surface area contributed by atoms with Gasteiger partial charge < -0.3 is 9.47 Å². The van der Waals surface area contributed by atoms with Gasteiger partial charge in [0.1, 0.15) is 12.7 Å². The lowest BCUT2D eigenvalue weighted by atomic mass is 9.84. The Hall–Kier alpha value is -1.97. The molecule has 1 saturated heterocycles. The van der Waals surface area contributed by atoms with Gasteiger partial charge in [-0.05, 0) is 0 Å². The minimum absolute atomic E-state index is 0.399. The van der Waals surface area contributed by atoms with Crippen LogP contribution in [0.3, 0.4) is 0 Å². The SMILES string of the molecule is FC(F)(F)C(F)(F)C(F)(F)C(F)(F)C(F)(F)C(F)(F)C(F)(F)C(F)(F)C(F)(F)C(F)(F)C(F)(F)C(F)(F)C(F)(F)COCC1CO1. The van der Waals surface area contributed by atoms with Crippen LogP contribution in [0.5, 0.6) is 0 Å². The molecular formula is C17H7F27O2. The second-order valence-corrected chi connectivity index (χ2v) is 8.99. The summed E-state index contributed by atoms with van der Waals surface area (Å²) in [5.74, 6) is -109. The molecule has 0 aromatic carbocycles. The third-order valence-corrected chi connectivity index (χ3v) is 5.75. The summed E-state index contributed by atoms with van der Waals surface area (Å²) in [5.41, 5.74) is 0. The lowest BCUT2D eigenvalue weighted by Crippen LogP contribution is -2.79. The predicted octanol–water partition coefficient (Wildman–Crippen LogP) is 8.59. The first-order chi connectivity index (χ1) is 19.6. The number of ether oxygens (including phenoxy) is 2. The standard InChI is InChI=1S/C17H7F27O2/c18-5(19,3-45-1-4-2-46-4)6(20,21)7(22,23)8(24,25)9(26,27)10(28,29)11(30,31)12(32,33)13(34,35)14(36,37)15(38,39)16(40,41)17(42,43)44/h4H,1-3H2. The van der Waals surface area contributed by atoms with E-state index in [0.717, 1.165) is 0 Å². The van der Waals surface area contributed by atoms with E-state index in [0.29, 0.717) is 0 Å². The average molecular weight is 756 g/mol. The van der Waals surface area contributed by atoms with Crippen LogP contribution in [-0.2, 0) is 9.47 Å². The highest BCUT2D eigenvalue weighted by atomic mass is 19.4. The molecule has 0 aromatic rings. The lowest BCUT2D eigenvalue weighted by molar-refractivity contribution is -0.485. The number of hydrogen-bond acceptors (Lipinski definition) is 2. The molecule has 1 fully saturated rings. The molecule has 1 atom stereocenters. The van der Waals surface area contributed by atoms with Crippen molar-refractivity contribution in [2.24, 2.45) is 0 Å². The van der Waals surface area contributed by atoms with Crippen LogP contribution < -0.4 is 0 Å². The molecule has 0 bridgehead atoms. The van der Waals surface area contributed by atoms with Crippen molar-refractivity contribution in [3.8, 4) is 0 Å². The predicted molar refractivity (Wildman–Crippen MR) is 86.0 cm³/mol. The first-order valence-corrected chi connectivity index (χ1v) is 10.4. The number of alkyl halides is 27. The highest BCUT2D eigenvalue weighted by Gasteiger charge is 3.00.